The number of carbonyl (C=O) groups excluding carboxylic acids is 1. The summed E-state index contributed by atoms with van der Waals surface area (Å²) in [6.07, 6.45) is -0.171. The van der Waals surface area contributed by atoms with E-state index in [4.69, 9.17) is 0 Å². The van der Waals surface area contributed by atoms with Crippen LogP contribution in [0.2, 0.25) is 0 Å². The van der Waals surface area contributed by atoms with Gasteiger partial charge in [0.05, 0.1) is 0 Å². The maximum atomic E-state index is 13.3. The fraction of sp³-hybridized carbons (Fsp3) is 0.417. The molecule has 0 aliphatic rings. The van der Waals surface area contributed by atoms with Crippen molar-refractivity contribution in [1.82, 2.24) is 0 Å². The largest absolute Gasteiger partial charge is 0.299 e. The van der Waals surface area contributed by atoms with Gasteiger partial charge in [-0.05, 0) is 24.6 Å². The second-order valence-corrected chi connectivity index (χ2v) is 4.00. The van der Waals surface area contributed by atoms with Crippen LogP contribution >= 0.6 is 0 Å². The summed E-state index contributed by atoms with van der Waals surface area (Å²) in [7, 11) is 0. The zero-order valence-electron chi connectivity index (χ0n) is 9.10. The number of hydrogen-bond acceptors (Lipinski definition) is 1. The highest BCUT2D eigenvalue weighted by Crippen LogP contribution is 2.17. The highest BCUT2D eigenvalue weighted by Gasteiger charge is 2.15. The lowest BCUT2D eigenvalue weighted by Gasteiger charge is -2.07. The molecule has 0 aromatic heterocycles. The molecule has 0 heterocycles. The molecule has 15 heavy (non-hydrogen) atoms. The molecule has 1 aromatic carbocycles. The number of halogens is 2. The fourth-order valence-corrected chi connectivity index (χ4v) is 1.28. The number of Topliss-reactive ketones (excluding diaryl/α,β-unsaturated/α-hetero) is 1. The zero-order chi connectivity index (χ0) is 11.6. The molecule has 82 valence electrons. The third kappa shape index (κ3) is 2.85. The molecule has 0 saturated carbocycles. The maximum Gasteiger partial charge on any atom is 0.139 e. The van der Waals surface area contributed by atoms with E-state index in [-0.39, 0.29) is 23.7 Å². The Kier molecular flexibility index (Phi) is 3.56. The van der Waals surface area contributed by atoms with Crippen molar-refractivity contribution >= 4 is 5.78 Å². The Morgan fingerprint density at radius 3 is 2.13 bits per heavy atom. The Morgan fingerprint density at radius 2 is 1.73 bits per heavy atom. The molecule has 1 rings (SSSR count). The van der Waals surface area contributed by atoms with Crippen molar-refractivity contribution in [2.24, 2.45) is 5.92 Å². The Hall–Kier alpha value is -1.25. The van der Waals surface area contributed by atoms with E-state index >= 15 is 0 Å². The summed E-state index contributed by atoms with van der Waals surface area (Å²) in [4.78, 5) is 11.4. The molecule has 0 fully saturated rings. The van der Waals surface area contributed by atoms with Crippen LogP contribution in [-0.4, -0.2) is 5.78 Å². The summed E-state index contributed by atoms with van der Waals surface area (Å²) in [5.41, 5.74) is 0.394. The summed E-state index contributed by atoms with van der Waals surface area (Å²) in [6.45, 7) is 5.04. The minimum atomic E-state index is -0.638. The Balaban J connectivity index is 3.00. The Morgan fingerprint density at radius 1 is 1.27 bits per heavy atom. The van der Waals surface area contributed by atoms with Gasteiger partial charge in [-0.1, -0.05) is 13.8 Å². The first-order valence-electron chi connectivity index (χ1n) is 4.89. The number of hydrogen-bond donors (Lipinski definition) is 0. The summed E-state index contributed by atoms with van der Waals surface area (Å²) < 4.78 is 26.7. The number of rotatable bonds is 3. The van der Waals surface area contributed by atoms with Crippen molar-refractivity contribution in [2.75, 3.05) is 0 Å². The van der Waals surface area contributed by atoms with E-state index < -0.39 is 11.6 Å². The predicted molar refractivity (Wildman–Crippen MR) is 54.6 cm³/mol. The molecule has 0 aliphatic heterocycles. The first kappa shape index (κ1) is 11.8. The lowest BCUT2D eigenvalue weighted by Crippen LogP contribution is -2.12. The van der Waals surface area contributed by atoms with Gasteiger partial charge in [0.2, 0.25) is 0 Å². The molecule has 0 bridgehead atoms. The van der Waals surface area contributed by atoms with Crippen LogP contribution in [0.5, 0.6) is 0 Å². The molecule has 0 amide bonds. The predicted octanol–water partition coefficient (Wildman–Crippen LogP) is 3.04. The van der Waals surface area contributed by atoms with Crippen molar-refractivity contribution < 1.29 is 13.6 Å². The first-order valence-corrected chi connectivity index (χ1v) is 4.89. The fourth-order valence-electron chi connectivity index (χ4n) is 1.28. The van der Waals surface area contributed by atoms with Crippen LogP contribution in [0.4, 0.5) is 8.78 Å². The molecule has 3 heteroatoms. The van der Waals surface area contributed by atoms with Gasteiger partial charge in [0.1, 0.15) is 17.4 Å². The molecular formula is C12H14F2O. The van der Waals surface area contributed by atoms with Crippen molar-refractivity contribution in [3.8, 4) is 0 Å². The second-order valence-electron chi connectivity index (χ2n) is 4.00. The molecular weight excluding hydrogens is 198 g/mol. The van der Waals surface area contributed by atoms with E-state index in [1.165, 1.54) is 12.1 Å². The van der Waals surface area contributed by atoms with Gasteiger partial charge in [0.15, 0.2) is 0 Å². The molecule has 0 radical (unpaired) electrons. The van der Waals surface area contributed by atoms with Crippen LogP contribution in [0.3, 0.4) is 0 Å². The average molecular weight is 212 g/mol. The first-order chi connectivity index (χ1) is 6.91. The quantitative estimate of drug-likeness (QED) is 0.752. The van der Waals surface area contributed by atoms with Crippen molar-refractivity contribution in [3.63, 3.8) is 0 Å². The number of aryl methyl sites for hydroxylation is 1. The summed E-state index contributed by atoms with van der Waals surface area (Å²) in [6, 6.07) is 2.48. The number of ketones is 1. The lowest BCUT2D eigenvalue weighted by atomic mass is 9.99. The van der Waals surface area contributed by atoms with Crippen LogP contribution in [0.15, 0.2) is 12.1 Å². The van der Waals surface area contributed by atoms with Crippen LogP contribution in [0.1, 0.15) is 25.0 Å². The minimum Gasteiger partial charge on any atom is -0.299 e. The number of carbonyl (C=O) groups is 1. The molecule has 0 N–H and O–H groups in total. The molecule has 0 aliphatic carbocycles. The molecule has 0 saturated heterocycles. The Bertz CT molecular complexity index is 360. The van der Waals surface area contributed by atoms with Crippen LogP contribution in [-0.2, 0) is 11.2 Å². The van der Waals surface area contributed by atoms with E-state index in [1.807, 2.05) is 0 Å². The lowest BCUT2D eigenvalue weighted by molar-refractivity contribution is -0.121. The van der Waals surface area contributed by atoms with E-state index in [9.17, 15) is 13.6 Å². The highest BCUT2D eigenvalue weighted by molar-refractivity contribution is 5.82. The zero-order valence-corrected chi connectivity index (χ0v) is 9.10. The third-order valence-corrected chi connectivity index (χ3v) is 2.28. The molecule has 0 spiro atoms. The summed E-state index contributed by atoms with van der Waals surface area (Å²) in [5, 5.41) is 0. The average Bonchev–Trinajstić information content (AvgIpc) is 2.10. The van der Waals surface area contributed by atoms with Gasteiger partial charge in [-0.15, -0.1) is 0 Å². The maximum absolute atomic E-state index is 13.3. The standard InChI is InChI=1S/C12H14F2O/c1-7(2)12(15)6-9-10(13)4-8(3)5-11(9)14/h4-5,7H,6H2,1-3H3. The van der Waals surface area contributed by atoms with Gasteiger partial charge in [-0.3, -0.25) is 4.79 Å². The van der Waals surface area contributed by atoms with Crippen molar-refractivity contribution in [2.45, 2.75) is 27.2 Å². The SMILES string of the molecule is Cc1cc(F)c(CC(=O)C(C)C)c(F)c1. The van der Waals surface area contributed by atoms with Gasteiger partial charge in [-0.2, -0.15) is 0 Å². The van der Waals surface area contributed by atoms with Gasteiger partial charge < -0.3 is 0 Å². The van der Waals surface area contributed by atoms with Crippen molar-refractivity contribution in [1.29, 1.82) is 0 Å². The van der Waals surface area contributed by atoms with Gasteiger partial charge in [0, 0.05) is 17.9 Å². The van der Waals surface area contributed by atoms with Gasteiger partial charge >= 0.3 is 0 Å². The Labute approximate surface area is 88.1 Å². The number of benzene rings is 1. The summed E-state index contributed by atoms with van der Waals surface area (Å²) in [5.74, 6) is -1.63. The van der Waals surface area contributed by atoms with Crippen LogP contribution in [0, 0.1) is 24.5 Å². The highest BCUT2D eigenvalue weighted by atomic mass is 19.1. The van der Waals surface area contributed by atoms with E-state index in [2.05, 4.69) is 0 Å². The molecule has 0 atom stereocenters. The summed E-state index contributed by atoms with van der Waals surface area (Å²) >= 11 is 0. The van der Waals surface area contributed by atoms with E-state index in [0.717, 1.165) is 0 Å². The van der Waals surface area contributed by atoms with Crippen LogP contribution < -0.4 is 0 Å². The molecule has 0 unspecified atom stereocenters. The molecule has 1 nitrogen and oxygen atoms in total. The van der Waals surface area contributed by atoms with Crippen molar-refractivity contribution in [3.05, 3.63) is 34.9 Å². The van der Waals surface area contributed by atoms with E-state index in [1.54, 1.807) is 20.8 Å². The van der Waals surface area contributed by atoms with Gasteiger partial charge in [0.25, 0.3) is 0 Å². The van der Waals surface area contributed by atoms with Crippen LogP contribution in [0.25, 0.3) is 0 Å². The smallest absolute Gasteiger partial charge is 0.139 e. The monoisotopic (exact) mass is 212 g/mol. The normalized spacial score (nSPS) is 10.8. The van der Waals surface area contributed by atoms with E-state index in [0.29, 0.717) is 5.56 Å². The molecule has 1 aromatic rings. The minimum absolute atomic E-state index is 0.126. The topological polar surface area (TPSA) is 17.1 Å². The third-order valence-electron chi connectivity index (χ3n) is 2.28. The van der Waals surface area contributed by atoms with Gasteiger partial charge in [-0.25, -0.2) is 8.78 Å². The second kappa shape index (κ2) is 4.51.